The summed E-state index contributed by atoms with van der Waals surface area (Å²) < 4.78 is 12.7. The van der Waals surface area contributed by atoms with Gasteiger partial charge in [-0.1, -0.05) is 19.1 Å². The minimum atomic E-state index is -0.746. The summed E-state index contributed by atoms with van der Waals surface area (Å²) in [5, 5.41) is 15.4. The van der Waals surface area contributed by atoms with Crippen molar-refractivity contribution in [2.75, 3.05) is 19.6 Å². The summed E-state index contributed by atoms with van der Waals surface area (Å²) in [5.41, 5.74) is 0.623. The molecule has 0 saturated heterocycles. The van der Waals surface area contributed by atoms with E-state index in [-0.39, 0.29) is 24.8 Å². The SMILES string of the molecule is CCCNC(=O)CNCC(O)c1ccc(F)cc1. The molecule has 0 aliphatic heterocycles. The number of hydrogen-bond acceptors (Lipinski definition) is 3. The first-order valence-corrected chi connectivity index (χ1v) is 6.04. The molecule has 0 aliphatic carbocycles. The van der Waals surface area contributed by atoms with Gasteiger partial charge >= 0.3 is 0 Å². The highest BCUT2D eigenvalue weighted by atomic mass is 19.1. The monoisotopic (exact) mass is 254 g/mol. The molecule has 1 aromatic carbocycles. The maximum atomic E-state index is 12.7. The van der Waals surface area contributed by atoms with Crippen LogP contribution in [0.2, 0.25) is 0 Å². The number of aliphatic hydroxyl groups is 1. The van der Waals surface area contributed by atoms with Gasteiger partial charge in [0, 0.05) is 13.1 Å². The standard InChI is InChI=1S/C13H19FN2O2/c1-2-7-16-13(18)9-15-8-12(17)10-3-5-11(14)6-4-10/h3-6,12,15,17H,2,7-9H2,1H3,(H,16,18). The molecule has 0 aromatic heterocycles. The minimum Gasteiger partial charge on any atom is -0.387 e. The van der Waals surface area contributed by atoms with Gasteiger partial charge in [-0.05, 0) is 24.1 Å². The van der Waals surface area contributed by atoms with Crippen molar-refractivity contribution in [3.05, 3.63) is 35.6 Å². The number of hydrogen-bond donors (Lipinski definition) is 3. The Kier molecular flexibility index (Phi) is 6.32. The fourth-order valence-electron chi connectivity index (χ4n) is 1.45. The number of amides is 1. The summed E-state index contributed by atoms with van der Waals surface area (Å²) in [6.45, 7) is 3.05. The van der Waals surface area contributed by atoms with Crippen LogP contribution < -0.4 is 10.6 Å². The average molecular weight is 254 g/mol. The quantitative estimate of drug-likeness (QED) is 0.679. The highest BCUT2D eigenvalue weighted by Crippen LogP contribution is 2.11. The predicted octanol–water partition coefficient (Wildman–Crippen LogP) is 0.975. The lowest BCUT2D eigenvalue weighted by molar-refractivity contribution is -0.120. The first-order valence-electron chi connectivity index (χ1n) is 6.04. The van der Waals surface area contributed by atoms with Gasteiger partial charge in [0.05, 0.1) is 12.6 Å². The summed E-state index contributed by atoms with van der Waals surface area (Å²) in [6, 6.07) is 5.65. The molecule has 3 N–H and O–H groups in total. The molecule has 1 atom stereocenters. The van der Waals surface area contributed by atoms with E-state index < -0.39 is 6.10 Å². The zero-order valence-electron chi connectivity index (χ0n) is 10.4. The van der Waals surface area contributed by atoms with Crippen molar-refractivity contribution in [3.8, 4) is 0 Å². The lowest BCUT2D eigenvalue weighted by Crippen LogP contribution is -2.35. The van der Waals surface area contributed by atoms with Gasteiger partial charge in [0.2, 0.25) is 5.91 Å². The molecule has 18 heavy (non-hydrogen) atoms. The van der Waals surface area contributed by atoms with Gasteiger partial charge in [-0.25, -0.2) is 4.39 Å². The normalized spacial score (nSPS) is 12.2. The molecule has 0 aliphatic rings. The van der Waals surface area contributed by atoms with Gasteiger partial charge < -0.3 is 15.7 Å². The Morgan fingerprint density at radius 2 is 2.06 bits per heavy atom. The van der Waals surface area contributed by atoms with E-state index in [0.29, 0.717) is 12.1 Å². The third-order valence-corrected chi connectivity index (χ3v) is 2.45. The number of rotatable bonds is 7. The summed E-state index contributed by atoms with van der Waals surface area (Å²) >= 11 is 0. The third kappa shape index (κ3) is 5.25. The third-order valence-electron chi connectivity index (χ3n) is 2.45. The number of nitrogens with one attached hydrogen (secondary N) is 2. The second-order valence-electron chi connectivity index (χ2n) is 4.05. The molecule has 1 unspecified atom stereocenters. The Bertz CT molecular complexity index is 368. The van der Waals surface area contributed by atoms with Crippen molar-refractivity contribution in [1.29, 1.82) is 0 Å². The molecule has 5 heteroatoms. The Morgan fingerprint density at radius 3 is 2.67 bits per heavy atom. The zero-order valence-corrected chi connectivity index (χ0v) is 10.4. The lowest BCUT2D eigenvalue weighted by Gasteiger charge is -2.12. The Morgan fingerprint density at radius 1 is 1.39 bits per heavy atom. The predicted molar refractivity (Wildman–Crippen MR) is 67.5 cm³/mol. The van der Waals surface area contributed by atoms with E-state index in [0.717, 1.165) is 6.42 Å². The summed E-state index contributed by atoms with van der Waals surface area (Å²) in [4.78, 5) is 11.3. The first kappa shape index (κ1) is 14.6. The van der Waals surface area contributed by atoms with Crippen LogP contribution in [0, 0.1) is 5.82 Å². The number of aliphatic hydroxyl groups excluding tert-OH is 1. The molecule has 1 amide bonds. The number of carbonyl (C=O) groups is 1. The second-order valence-corrected chi connectivity index (χ2v) is 4.05. The van der Waals surface area contributed by atoms with Gasteiger partial charge in [-0.15, -0.1) is 0 Å². The number of carbonyl (C=O) groups excluding carboxylic acids is 1. The molecule has 0 saturated carbocycles. The Balaban J connectivity index is 2.26. The molecule has 1 aromatic rings. The fraction of sp³-hybridized carbons (Fsp3) is 0.462. The lowest BCUT2D eigenvalue weighted by atomic mass is 10.1. The summed E-state index contributed by atoms with van der Waals surface area (Å²) in [7, 11) is 0. The number of halogens is 1. The van der Waals surface area contributed by atoms with Gasteiger partial charge in [-0.3, -0.25) is 4.79 Å². The molecular weight excluding hydrogens is 235 g/mol. The van der Waals surface area contributed by atoms with E-state index in [4.69, 9.17) is 0 Å². The average Bonchev–Trinajstić information content (AvgIpc) is 2.37. The van der Waals surface area contributed by atoms with E-state index in [2.05, 4.69) is 10.6 Å². The van der Waals surface area contributed by atoms with Crippen LogP contribution >= 0.6 is 0 Å². The van der Waals surface area contributed by atoms with E-state index in [9.17, 15) is 14.3 Å². The summed E-state index contributed by atoms with van der Waals surface area (Å²) in [6.07, 6.45) is 0.147. The molecule has 0 bridgehead atoms. The van der Waals surface area contributed by atoms with Crippen LogP contribution in [0.5, 0.6) is 0 Å². The Hall–Kier alpha value is -1.46. The van der Waals surface area contributed by atoms with Crippen molar-refractivity contribution in [1.82, 2.24) is 10.6 Å². The van der Waals surface area contributed by atoms with Crippen LogP contribution in [0.1, 0.15) is 25.0 Å². The second kappa shape index (κ2) is 7.79. The van der Waals surface area contributed by atoms with Crippen LogP contribution in [-0.2, 0) is 4.79 Å². The maximum absolute atomic E-state index is 12.7. The van der Waals surface area contributed by atoms with Crippen LogP contribution in [0.15, 0.2) is 24.3 Å². The maximum Gasteiger partial charge on any atom is 0.233 e. The van der Waals surface area contributed by atoms with Crippen LogP contribution in [0.4, 0.5) is 4.39 Å². The number of benzene rings is 1. The largest absolute Gasteiger partial charge is 0.387 e. The smallest absolute Gasteiger partial charge is 0.233 e. The van der Waals surface area contributed by atoms with Crippen molar-refractivity contribution in [3.63, 3.8) is 0 Å². The molecule has 0 heterocycles. The van der Waals surface area contributed by atoms with E-state index in [1.165, 1.54) is 24.3 Å². The van der Waals surface area contributed by atoms with Gasteiger partial charge in [-0.2, -0.15) is 0 Å². The highest BCUT2D eigenvalue weighted by molar-refractivity contribution is 5.77. The van der Waals surface area contributed by atoms with E-state index in [1.807, 2.05) is 6.92 Å². The molecule has 0 fully saturated rings. The minimum absolute atomic E-state index is 0.0943. The zero-order chi connectivity index (χ0) is 13.4. The van der Waals surface area contributed by atoms with E-state index in [1.54, 1.807) is 0 Å². The van der Waals surface area contributed by atoms with Crippen molar-refractivity contribution < 1.29 is 14.3 Å². The van der Waals surface area contributed by atoms with Crippen molar-refractivity contribution >= 4 is 5.91 Å². The molecule has 0 spiro atoms. The van der Waals surface area contributed by atoms with Crippen molar-refractivity contribution in [2.24, 2.45) is 0 Å². The fourth-order valence-corrected chi connectivity index (χ4v) is 1.45. The van der Waals surface area contributed by atoms with Gasteiger partial charge in [0.1, 0.15) is 5.82 Å². The topological polar surface area (TPSA) is 61.4 Å². The van der Waals surface area contributed by atoms with Gasteiger partial charge in [0.15, 0.2) is 0 Å². The molecule has 100 valence electrons. The molecule has 1 rings (SSSR count). The van der Waals surface area contributed by atoms with Crippen molar-refractivity contribution in [2.45, 2.75) is 19.4 Å². The molecule has 4 nitrogen and oxygen atoms in total. The van der Waals surface area contributed by atoms with E-state index >= 15 is 0 Å². The first-order chi connectivity index (χ1) is 8.63. The van der Waals surface area contributed by atoms with Crippen LogP contribution in [0.25, 0.3) is 0 Å². The highest BCUT2D eigenvalue weighted by Gasteiger charge is 2.08. The Labute approximate surface area is 106 Å². The molecular formula is C13H19FN2O2. The van der Waals surface area contributed by atoms with Gasteiger partial charge in [0.25, 0.3) is 0 Å². The summed E-state index contributed by atoms with van der Waals surface area (Å²) in [5.74, 6) is -0.430. The molecule has 0 radical (unpaired) electrons. The van der Waals surface area contributed by atoms with Crippen LogP contribution in [-0.4, -0.2) is 30.6 Å². The van der Waals surface area contributed by atoms with Crippen LogP contribution in [0.3, 0.4) is 0 Å².